The van der Waals surface area contributed by atoms with Crippen molar-refractivity contribution in [3.8, 4) is 0 Å². The zero-order valence-corrected chi connectivity index (χ0v) is 8.43. The SMILES string of the molecule is CC1(C)C[C@@]2(C)CC[C@@H]1[C@@H](O)C2. The maximum atomic E-state index is 9.90. The third-order valence-corrected chi connectivity index (χ3v) is 4.11. The predicted octanol–water partition coefficient (Wildman–Crippen LogP) is 2.58. The van der Waals surface area contributed by atoms with Crippen LogP contribution in [-0.2, 0) is 0 Å². The smallest absolute Gasteiger partial charge is 0.0578 e. The van der Waals surface area contributed by atoms with Crippen molar-refractivity contribution in [3.63, 3.8) is 0 Å². The molecular formula is C11H20O. The Labute approximate surface area is 75.2 Å². The van der Waals surface area contributed by atoms with Crippen LogP contribution in [0.1, 0.15) is 46.5 Å². The van der Waals surface area contributed by atoms with E-state index in [9.17, 15) is 5.11 Å². The Kier molecular flexibility index (Phi) is 1.61. The number of aliphatic hydroxyl groups is 1. The fraction of sp³-hybridized carbons (Fsp3) is 1.00. The van der Waals surface area contributed by atoms with Crippen molar-refractivity contribution in [2.75, 3.05) is 0 Å². The molecule has 0 heterocycles. The first kappa shape index (κ1) is 8.55. The third-order valence-electron chi connectivity index (χ3n) is 4.11. The van der Waals surface area contributed by atoms with Crippen LogP contribution in [0.4, 0.5) is 0 Å². The number of rotatable bonds is 0. The van der Waals surface area contributed by atoms with Crippen LogP contribution < -0.4 is 0 Å². The minimum absolute atomic E-state index is 0.0208. The van der Waals surface area contributed by atoms with Crippen LogP contribution in [0.5, 0.6) is 0 Å². The monoisotopic (exact) mass is 168 g/mol. The molecule has 0 aromatic rings. The summed E-state index contributed by atoms with van der Waals surface area (Å²) in [6.07, 6.45) is 4.90. The Morgan fingerprint density at radius 2 is 1.92 bits per heavy atom. The average molecular weight is 168 g/mol. The lowest BCUT2D eigenvalue weighted by molar-refractivity contribution is -0.115. The van der Waals surface area contributed by atoms with Crippen LogP contribution >= 0.6 is 0 Å². The van der Waals surface area contributed by atoms with E-state index in [2.05, 4.69) is 20.8 Å². The molecule has 3 saturated carbocycles. The first-order valence-electron chi connectivity index (χ1n) is 5.11. The molecule has 3 fully saturated rings. The molecule has 0 unspecified atom stereocenters. The van der Waals surface area contributed by atoms with Crippen molar-refractivity contribution in [3.05, 3.63) is 0 Å². The Morgan fingerprint density at radius 3 is 2.33 bits per heavy atom. The lowest BCUT2D eigenvalue weighted by Gasteiger charge is -2.56. The molecule has 12 heavy (non-hydrogen) atoms. The Morgan fingerprint density at radius 1 is 1.25 bits per heavy atom. The van der Waals surface area contributed by atoms with Gasteiger partial charge in [-0.3, -0.25) is 0 Å². The van der Waals surface area contributed by atoms with Gasteiger partial charge in [0.05, 0.1) is 6.10 Å². The predicted molar refractivity (Wildman–Crippen MR) is 49.9 cm³/mol. The molecule has 0 aliphatic heterocycles. The second kappa shape index (κ2) is 2.25. The van der Waals surface area contributed by atoms with E-state index < -0.39 is 0 Å². The fourth-order valence-corrected chi connectivity index (χ4v) is 3.75. The molecule has 3 rings (SSSR count). The minimum atomic E-state index is -0.0208. The van der Waals surface area contributed by atoms with Gasteiger partial charge >= 0.3 is 0 Å². The molecule has 70 valence electrons. The van der Waals surface area contributed by atoms with E-state index in [0.717, 1.165) is 6.42 Å². The summed E-state index contributed by atoms with van der Waals surface area (Å²) in [6, 6.07) is 0. The quantitative estimate of drug-likeness (QED) is 0.589. The van der Waals surface area contributed by atoms with Crippen molar-refractivity contribution in [2.45, 2.75) is 52.6 Å². The zero-order valence-electron chi connectivity index (χ0n) is 8.43. The normalized spacial score (nSPS) is 51.0. The Balaban J connectivity index is 2.28. The van der Waals surface area contributed by atoms with Gasteiger partial charge in [0.2, 0.25) is 0 Å². The highest BCUT2D eigenvalue weighted by atomic mass is 16.3. The molecule has 0 saturated heterocycles. The first-order valence-corrected chi connectivity index (χ1v) is 5.11. The molecule has 3 atom stereocenters. The van der Waals surface area contributed by atoms with E-state index in [4.69, 9.17) is 0 Å². The van der Waals surface area contributed by atoms with Gasteiger partial charge in [-0.05, 0) is 42.4 Å². The molecule has 1 N–H and O–H groups in total. The highest BCUT2D eigenvalue weighted by Crippen LogP contribution is 2.58. The van der Waals surface area contributed by atoms with Crippen LogP contribution in [-0.4, -0.2) is 11.2 Å². The number of hydrogen-bond donors (Lipinski definition) is 1. The van der Waals surface area contributed by atoms with Crippen molar-refractivity contribution in [1.82, 2.24) is 0 Å². The van der Waals surface area contributed by atoms with Gasteiger partial charge in [-0.1, -0.05) is 20.8 Å². The van der Waals surface area contributed by atoms with E-state index >= 15 is 0 Å². The van der Waals surface area contributed by atoms with Crippen molar-refractivity contribution < 1.29 is 5.11 Å². The molecule has 1 heteroatoms. The van der Waals surface area contributed by atoms with Gasteiger partial charge in [0, 0.05) is 0 Å². The molecule has 0 aromatic heterocycles. The third kappa shape index (κ3) is 1.10. The second-order valence-electron chi connectivity index (χ2n) is 5.89. The van der Waals surface area contributed by atoms with E-state index in [-0.39, 0.29) is 6.10 Å². The van der Waals surface area contributed by atoms with Crippen molar-refractivity contribution in [1.29, 1.82) is 0 Å². The van der Waals surface area contributed by atoms with Gasteiger partial charge in [-0.2, -0.15) is 0 Å². The molecular weight excluding hydrogens is 148 g/mol. The summed E-state index contributed by atoms with van der Waals surface area (Å²) in [6.45, 7) is 6.97. The highest BCUT2D eigenvalue weighted by Gasteiger charge is 2.51. The van der Waals surface area contributed by atoms with Crippen LogP contribution in [0, 0.1) is 16.7 Å². The summed E-state index contributed by atoms with van der Waals surface area (Å²) in [7, 11) is 0. The van der Waals surface area contributed by atoms with Gasteiger partial charge < -0.3 is 5.11 Å². The van der Waals surface area contributed by atoms with E-state index in [1.807, 2.05) is 0 Å². The summed E-state index contributed by atoms with van der Waals surface area (Å²) < 4.78 is 0. The number of hydrogen-bond acceptors (Lipinski definition) is 1. The molecule has 0 amide bonds. The van der Waals surface area contributed by atoms with Gasteiger partial charge in [0.25, 0.3) is 0 Å². The molecule has 1 nitrogen and oxygen atoms in total. The van der Waals surface area contributed by atoms with Crippen molar-refractivity contribution in [2.24, 2.45) is 16.7 Å². The van der Waals surface area contributed by atoms with Crippen molar-refractivity contribution >= 4 is 0 Å². The van der Waals surface area contributed by atoms with Crippen LogP contribution in [0.25, 0.3) is 0 Å². The maximum absolute atomic E-state index is 9.90. The maximum Gasteiger partial charge on any atom is 0.0578 e. The minimum Gasteiger partial charge on any atom is -0.393 e. The van der Waals surface area contributed by atoms with Crippen LogP contribution in [0.3, 0.4) is 0 Å². The Bertz CT molecular complexity index is 194. The molecule has 3 aliphatic carbocycles. The first-order chi connectivity index (χ1) is 5.43. The van der Waals surface area contributed by atoms with Crippen LogP contribution in [0.15, 0.2) is 0 Å². The summed E-state index contributed by atoms with van der Waals surface area (Å²) in [5.74, 6) is 0.569. The van der Waals surface area contributed by atoms with Gasteiger partial charge in [-0.15, -0.1) is 0 Å². The summed E-state index contributed by atoms with van der Waals surface area (Å²) in [5.41, 5.74) is 0.822. The standard InChI is InChI=1S/C11H20O/c1-10(2)7-11(3)5-4-8(10)9(12)6-11/h8-9,12H,4-7H2,1-3H3/t8-,9+,11+/m1/s1. The second-order valence-corrected chi connectivity index (χ2v) is 5.89. The topological polar surface area (TPSA) is 20.2 Å². The Hall–Kier alpha value is -0.0400. The summed E-state index contributed by atoms with van der Waals surface area (Å²) in [5, 5.41) is 9.90. The summed E-state index contributed by atoms with van der Waals surface area (Å²) in [4.78, 5) is 0. The van der Waals surface area contributed by atoms with Crippen LogP contribution in [0.2, 0.25) is 0 Å². The molecule has 2 bridgehead atoms. The van der Waals surface area contributed by atoms with Gasteiger partial charge in [-0.25, -0.2) is 0 Å². The molecule has 0 radical (unpaired) electrons. The number of fused-ring (bicyclic) bond motifs is 3. The molecule has 3 aliphatic rings. The van der Waals surface area contributed by atoms with E-state index in [1.54, 1.807) is 0 Å². The average Bonchev–Trinajstić information content (AvgIpc) is 1.80. The lowest BCUT2D eigenvalue weighted by atomic mass is 9.50. The van der Waals surface area contributed by atoms with E-state index in [0.29, 0.717) is 16.7 Å². The zero-order chi connectivity index (χ0) is 8.98. The largest absolute Gasteiger partial charge is 0.393 e. The van der Waals surface area contributed by atoms with Gasteiger partial charge in [0.1, 0.15) is 0 Å². The summed E-state index contributed by atoms with van der Waals surface area (Å²) >= 11 is 0. The lowest BCUT2D eigenvalue weighted by Crippen LogP contribution is -2.50. The fourth-order valence-electron chi connectivity index (χ4n) is 3.75. The number of aliphatic hydroxyl groups excluding tert-OH is 1. The molecule has 0 spiro atoms. The molecule has 0 aromatic carbocycles. The van der Waals surface area contributed by atoms with E-state index in [1.165, 1.54) is 19.3 Å². The highest BCUT2D eigenvalue weighted by molar-refractivity contribution is 5.01. The van der Waals surface area contributed by atoms with Gasteiger partial charge in [0.15, 0.2) is 0 Å².